The van der Waals surface area contributed by atoms with E-state index < -0.39 is 0 Å². The Labute approximate surface area is 171 Å². The van der Waals surface area contributed by atoms with Gasteiger partial charge in [0.25, 0.3) is 5.56 Å². The summed E-state index contributed by atoms with van der Waals surface area (Å²) in [5.41, 5.74) is 2.90. The van der Waals surface area contributed by atoms with Gasteiger partial charge in [-0.1, -0.05) is 11.8 Å². The lowest BCUT2D eigenvalue weighted by Crippen LogP contribution is -2.16. The number of carbonyl (C=O) groups excluding carboxylic acids is 1. The van der Waals surface area contributed by atoms with E-state index in [1.54, 1.807) is 11.3 Å². The number of carbonyl (C=O) groups is 1. The number of nitrogens with zero attached hydrogens (tertiary/aromatic N) is 2. The number of thiophene rings is 1. The standard InChI is InChI=1S/C20H22N4O2S2/c1-24(2)13-9-7-12(8-10-13)21-16(25)11-27-20-22-18(26)17-14-5-3-4-6-15(14)28-19(17)23-20/h7-10H,3-6,11H2,1-2H3,(H,21,25)(H,22,23,26). The molecular formula is C20H22N4O2S2. The minimum Gasteiger partial charge on any atom is -0.378 e. The number of benzene rings is 1. The van der Waals surface area contributed by atoms with Gasteiger partial charge in [-0.3, -0.25) is 9.59 Å². The maximum absolute atomic E-state index is 12.5. The van der Waals surface area contributed by atoms with E-state index in [9.17, 15) is 9.59 Å². The number of H-pyrrole nitrogens is 1. The highest BCUT2D eigenvalue weighted by Crippen LogP contribution is 2.34. The van der Waals surface area contributed by atoms with Crippen molar-refractivity contribution in [3.63, 3.8) is 0 Å². The molecule has 2 N–H and O–H groups in total. The van der Waals surface area contributed by atoms with Crippen LogP contribution in [0, 0.1) is 0 Å². The second-order valence-electron chi connectivity index (χ2n) is 7.04. The highest BCUT2D eigenvalue weighted by molar-refractivity contribution is 7.99. The van der Waals surface area contributed by atoms with E-state index in [-0.39, 0.29) is 17.2 Å². The van der Waals surface area contributed by atoms with Crippen molar-refractivity contribution >= 4 is 50.6 Å². The van der Waals surface area contributed by atoms with E-state index >= 15 is 0 Å². The number of anilines is 2. The largest absolute Gasteiger partial charge is 0.378 e. The molecular weight excluding hydrogens is 392 g/mol. The average molecular weight is 415 g/mol. The van der Waals surface area contributed by atoms with Crippen molar-refractivity contribution in [3.8, 4) is 0 Å². The molecule has 0 radical (unpaired) electrons. The Balaban J connectivity index is 1.43. The molecule has 6 nitrogen and oxygen atoms in total. The number of thioether (sulfide) groups is 1. The Hall–Kier alpha value is -2.32. The summed E-state index contributed by atoms with van der Waals surface area (Å²) in [5.74, 6) is 0.0606. The highest BCUT2D eigenvalue weighted by atomic mass is 32.2. The second kappa shape index (κ2) is 7.97. The predicted molar refractivity (Wildman–Crippen MR) is 117 cm³/mol. The fraction of sp³-hybridized carbons (Fsp3) is 0.350. The van der Waals surface area contributed by atoms with Gasteiger partial charge in [0.15, 0.2) is 5.16 Å². The van der Waals surface area contributed by atoms with Crippen LogP contribution >= 0.6 is 23.1 Å². The molecule has 28 heavy (non-hydrogen) atoms. The van der Waals surface area contributed by atoms with Crippen molar-refractivity contribution in [1.29, 1.82) is 0 Å². The van der Waals surface area contributed by atoms with E-state index in [0.717, 1.165) is 40.9 Å². The number of nitrogens with one attached hydrogen (secondary N) is 2. The van der Waals surface area contributed by atoms with Crippen LogP contribution in [0.5, 0.6) is 0 Å². The molecule has 0 aliphatic heterocycles. The van der Waals surface area contributed by atoms with Gasteiger partial charge in [-0.15, -0.1) is 11.3 Å². The third-order valence-electron chi connectivity index (χ3n) is 4.81. The maximum Gasteiger partial charge on any atom is 0.260 e. The number of hydrogen-bond donors (Lipinski definition) is 2. The van der Waals surface area contributed by atoms with Crippen molar-refractivity contribution in [2.45, 2.75) is 30.8 Å². The molecule has 1 aliphatic rings. The molecule has 3 aromatic rings. The Bertz CT molecular complexity index is 1070. The summed E-state index contributed by atoms with van der Waals surface area (Å²) in [5, 5.41) is 4.11. The summed E-state index contributed by atoms with van der Waals surface area (Å²) in [4.78, 5) is 36.3. The maximum atomic E-state index is 12.5. The van der Waals surface area contributed by atoms with Gasteiger partial charge >= 0.3 is 0 Å². The van der Waals surface area contributed by atoms with Gasteiger partial charge in [0.2, 0.25) is 5.91 Å². The quantitative estimate of drug-likeness (QED) is 0.492. The lowest BCUT2D eigenvalue weighted by molar-refractivity contribution is -0.113. The first-order valence-corrected chi connectivity index (χ1v) is 11.1. The van der Waals surface area contributed by atoms with Crippen molar-refractivity contribution in [3.05, 3.63) is 45.1 Å². The number of aromatic nitrogens is 2. The summed E-state index contributed by atoms with van der Waals surface area (Å²) >= 11 is 2.87. The highest BCUT2D eigenvalue weighted by Gasteiger charge is 2.20. The molecule has 0 atom stereocenters. The monoisotopic (exact) mass is 414 g/mol. The molecule has 2 aromatic heterocycles. The molecule has 0 bridgehead atoms. The Morgan fingerprint density at radius 2 is 2.00 bits per heavy atom. The van der Waals surface area contributed by atoms with Crippen molar-refractivity contribution in [1.82, 2.24) is 9.97 Å². The summed E-state index contributed by atoms with van der Waals surface area (Å²) in [6, 6.07) is 7.66. The SMILES string of the molecule is CN(C)c1ccc(NC(=O)CSc2nc3sc4c(c3c(=O)[nH]2)CCCC4)cc1. The van der Waals surface area contributed by atoms with Crippen molar-refractivity contribution in [2.24, 2.45) is 0 Å². The van der Waals surface area contributed by atoms with Crippen LogP contribution in [0.3, 0.4) is 0 Å². The Kier molecular flexibility index (Phi) is 5.41. The van der Waals surface area contributed by atoms with Crippen molar-refractivity contribution in [2.75, 3.05) is 30.1 Å². The van der Waals surface area contributed by atoms with E-state index in [4.69, 9.17) is 0 Å². The van der Waals surface area contributed by atoms with Gasteiger partial charge < -0.3 is 15.2 Å². The number of fused-ring (bicyclic) bond motifs is 3. The van der Waals surface area contributed by atoms with Gasteiger partial charge in [0.1, 0.15) is 4.83 Å². The van der Waals surface area contributed by atoms with Crippen LogP contribution in [0.4, 0.5) is 11.4 Å². The van der Waals surface area contributed by atoms with Crippen LogP contribution in [0.1, 0.15) is 23.3 Å². The number of rotatable bonds is 5. The minimum atomic E-state index is -0.129. The molecule has 1 aromatic carbocycles. The topological polar surface area (TPSA) is 78.1 Å². The zero-order chi connectivity index (χ0) is 19.7. The molecule has 0 saturated carbocycles. The van der Waals surface area contributed by atoms with Crippen LogP contribution < -0.4 is 15.8 Å². The Morgan fingerprint density at radius 3 is 2.75 bits per heavy atom. The summed E-state index contributed by atoms with van der Waals surface area (Å²) in [7, 11) is 3.94. The smallest absolute Gasteiger partial charge is 0.260 e. The lowest BCUT2D eigenvalue weighted by atomic mass is 9.97. The van der Waals surface area contributed by atoms with Gasteiger partial charge in [0.05, 0.1) is 11.1 Å². The van der Waals surface area contributed by atoms with E-state index in [1.165, 1.54) is 28.6 Å². The lowest BCUT2D eigenvalue weighted by Gasteiger charge is -2.13. The summed E-state index contributed by atoms with van der Waals surface area (Å²) in [6.07, 6.45) is 4.30. The van der Waals surface area contributed by atoms with E-state index in [0.29, 0.717) is 5.16 Å². The molecule has 2 heterocycles. The second-order valence-corrected chi connectivity index (χ2v) is 9.09. The molecule has 0 saturated heterocycles. The molecule has 0 spiro atoms. The molecule has 1 aliphatic carbocycles. The fourth-order valence-electron chi connectivity index (χ4n) is 3.39. The molecule has 8 heteroatoms. The van der Waals surface area contributed by atoms with Crippen LogP contribution in [0.25, 0.3) is 10.2 Å². The van der Waals surface area contributed by atoms with Gasteiger partial charge in [0, 0.05) is 30.3 Å². The molecule has 0 unspecified atom stereocenters. The van der Waals surface area contributed by atoms with E-state index in [2.05, 4.69) is 15.3 Å². The molecule has 1 amide bonds. The van der Waals surface area contributed by atoms with Crippen molar-refractivity contribution < 1.29 is 4.79 Å². The van der Waals surface area contributed by atoms with Gasteiger partial charge in [-0.05, 0) is 55.5 Å². The third-order valence-corrected chi connectivity index (χ3v) is 6.87. The number of aromatic amines is 1. The first-order valence-electron chi connectivity index (χ1n) is 9.26. The number of aryl methyl sites for hydroxylation is 2. The fourth-order valence-corrected chi connectivity index (χ4v) is 5.37. The number of amides is 1. The predicted octanol–water partition coefficient (Wildman–Crippen LogP) is 3.66. The minimum absolute atomic E-state index is 0.0911. The first kappa shape index (κ1) is 19.0. The van der Waals surface area contributed by atoms with Gasteiger partial charge in [-0.25, -0.2) is 4.98 Å². The molecule has 0 fully saturated rings. The van der Waals surface area contributed by atoms with E-state index in [1.807, 2.05) is 43.3 Å². The third kappa shape index (κ3) is 3.93. The zero-order valence-electron chi connectivity index (χ0n) is 15.9. The number of hydrogen-bond acceptors (Lipinski definition) is 6. The molecule has 4 rings (SSSR count). The zero-order valence-corrected chi connectivity index (χ0v) is 17.5. The van der Waals surface area contributed by atoms with Gasteiger partial charge in [-0.2, -0.15) is 0 Å². The van der Waals surface area contributed by atoms with Crippen LogP contribution in [0.15, 0.2) is 34.2 Å². The molecule has 146 valence electrons. The van der Waals surface area contributed by atoms with Crippen LogP contribution in [-0.2, 0) is 17.6 Å². The summed E-state index contributed by atoms with van der Waals surface area (Å²) < 4.78 is 0. The average Bonchev–Trinajstić information content (AvgIpc) is 3.05. The summed E-state index contributed by atoms with van der Waals surface area (Å²) in [6.45, 7) is 0. The van der Waals surface area contributed by atoms with Crippen LogP contribution in [0.2, 0.25) is 0 Å². The first-order chi connectivity index (χ1) is 13.5. The normalized spacial score (nSPS) is 13.4. The Morgan fingerprint density at radius 1 is 1.25 bits per heavy atom. The van der Waals surface area contributed by atoms with Crippen LogP contribution in [-0.4, -0.2) is 35.7 Å².